The van der Waals surface area contributed by atoms with E-state index in [4.69, 9.17) is 4.74 Å². The van der Waals surface area contributed by atoms with Crippen molar-refractivity contribution in [3.63, 3.8) is 0 Å². The van der Waals surface area contributed by atoms with Gasteiger partial charge in [0.15, 0.2) is 0 Å². The molecule has 1 fully saturated rings. The molecule has 1 N–H and O–H groups in total. The van der Waals surface area contributed by atoms with E-state index in [1.165, 1.54) is 7.11 Å². The van der Waals surface area contributed by atoms with Gasteiger partial charge in [-0.25, -0.2) is 0 Å². The van der Waals surface area contributed by atoms with Crippen LogP contribution in [0.1, 0.15) is 33.1 Å². The maximum atomic E-state index is 11.3. The molecule has 1 heterocycles. The lowest BCUT2D eigenvalue weighted by Crippen LogP contribution is -2.57. The number of aliphatic hydroxyl groups is 1. The standard InChI is InChI=1S/C11H21NO3/c1-4-11(14,5-2)8-12-7-6-9(12)10(13)15-3/h9,14H,4-8H2,1-3H3. The second-order valence-corrected chi connectivity index (χ2v) is 4.23. The van der Waals surface area contributed by atoms with E-state index < -0.39 is 5.60 Å². The summed E-state index contributed by atoms with van der Waals surface area (Å²) >= 11 is 0. The minimum absolute atomic E-state index is 0.139. The maximum absolute atomic E-state index is 11.3. The first kappa shape index (κ1) is 12.5. The zero-order chi connectivity index (χ0) is 11.5. The predicted molar refractivity (Wildman–Crippen MR) is 57.5 cm³/mol. The van der Waals surface area contributed by atoms with E-state index in [-0.39, 0.29) is 12.0 Å². The smallest absolute Gasteiger partial charge is 0.323 e. The van der Waals surface area contributed by atoms with Crippen molar-refractivity contribution in [3.8, 4) is 0 Å². The highest BCUT2D eigenvalue weighted by Crippen LogP contribution is 2.24. The summed E-state index contributed by atoms with van der Waals surface area (Å²) in [6.45, 7) is 5.38. The summed E-state index contributed by atoms with van der Waals surface area (Å²) < 4.78 is 4.70. The molecule has 1 aliphatic heterocycles. The number of rotatable bonds is 5. The second kappa shape index (κ2) is 4.94. The summed E-state index contributed by atoms with van der Waals surface area (Å²) in [7, 11) is 1.41. The zero-order valence-corrected chi connectivity index (χ0v) is 9.82. The van der Waals surface area contributed by atoms with Crippen LogP contribution in [-0.4, -0.2) is 47.8 Å². The van der Waals surface area contributed by atoms with Crippen LogP contribution >= 0.6 is 0 Å². The van der Waals surface area contributed by atoms with E-state index in [9.17, 15) is 9.90 Å². The molecule has 0 saturated carbocycles. The molecule has 0 aromatic heterocycles. The molecule has 15 heavy (non-hydrogen) atoms. The van der Waals surface area contributed by atoms with Crippen LogP contribution in [-0.2, 0) is 9.53 Å². The highest BCUT2D eigenvalue weighted by Gasteiger charge is 2.39. The van der Waals surface area contributed by atoms with Crippen molar-refractivity contribution in [1.29, 1.82) is 0 Å². The topological polar surface area (TPSA) is 49.8 Å². The third-order valence-electron chi connectivity index (χ3n) is 3.42. The molecule has 0 aromatic rings. The molecule has 0 bridgehead atoms. The first-order valence-corrected chi connectivity index (χ1v) is 5.60. The Morgan fingerprint density at radius 2 is 2.13 bits per heavy atom. The summed E-state index contributed by atoms with van der Waals surface area (Å²) in [6.07, 6.45) is 2.28. The average molecular weight is 215 g/mol. The number of nitrogens with zero attached hydrogens (tertiary/aromatic N) is 1. The Balaban J connectivity index is 2.49. The van der Waals surface area contributed by atoms with Gasteiger partial charge in [-0.1, -0.05) is 13.8 Å². The highest BCUT2D eigenvalue weighted by molar-refractivity contribution is 5.76. The Bertz CT molecular complexity index is 226. The van der Waals surface area contributed by atoms with Crippen LogP contribution in [0.4, 0.5) is 0 Å². The number of methoxy groups -OCH3 is 1. The van der Waals surface area contributed by atoms with Gasteiger partial charge in [-0.05, 0) is 19.3 Å². The normalized spacial score (nSPS) is 22.3. The summed E-state index contributed by atoms with van der Waals surface area (Å²) in [5, 5.41) is 10.1. The molecule has 1 rings (SSSR count). The predicted octanol–water partition coefficient (Wildman–Crippen LogP) is 0.785. The Labute approximate surface area is 91.2 Å². The molecule has 1 aliphatic rings. The van der Waals surface area contributed by atoms with Crippen molar-refractivity contribution in [1.82, 2.24) is 4.90 Å². The lowest BCUT2D eigenvalue weighted by atomic mass is 9.92. The molecule has 0 spiro atoms. The summed E-state index contributed by atoms with van der Waals surface area (Å²) in [5.74, 6) is -0.184. The second-order valence-electron chi connectivity index (χ2n) is 4.23. The third kappa shape index (κ3) is 2.69. The number of likely N-dealkylation sites (tertiary alicyclic amines) is 1. The molecule has 1 atom stereocenters. The van der Waals surface area contributed by atoms with Gasteiger partial charge in [0.2, 0.25) is 0 Å². The quantitative estimate of drug-likeness (QED) is 0.689. The number of esters is 1. The van der Waals surface area contributed by atoms with E-state index in [2.05, 4.69) is 0 Å². The van der Waals surface area contributed by atoms with Crippen LogP contribution in [0.15, 0.2) is 0 Å². The Morgan fingerprint density at radius 3 is 2.47 bits per heavy atom. The summed E-state index contributed by atoms with van der Waals surface area (Å²) in [6, 6.07) is -0.139. The maximum Gasteiger partial charge on any atom is 0.323 e. The minimum atomic E-state index is -0.660. The van der Waals surface area contributed by atoms with Crippen molar-refractivity contribution in [3.05, 3.63) is 0 Å². The largest absolute Gasteiger partial charge is 0.468 e. The average Bonchev–Trinajstić information content (AvgIpc) is 2.23. The molecule has 88 valence electrons. The Kier molecular flexibility index (Phi) is 4.11. The third-order valence-corrected chi connectivity index (χ3v) is 3.42. The van der Waals surface area contributed by atoms with Crippen LogP contribution in [0.25, 0.3) is 0 Å². The lowest BCUT2D eigenvalue weighted by molar-refractivity contribution is -0.154. The van der Waals surface area contributed by atoms with E-state index in [1.54, 1.807) is 0 Å². The van der Waals surface area contributed by atoms with Gasteiger partial charge in [-0.15, -0.1) is 0 Å². The van der Waals surface area contributed by atoms with Gasteiger partial charge in [0.25, 0.3) is 0 Å². The fraction of sp³-hybridized carbons (Fsp3) is 0.909. The van der Waals surface area contributed by atoms with Crippen molar-refractivity contribution >= 4 is 5.97 Å². The molecule has 1 saturated heterocycles. The first-order chi connectivity index (χ1) is 7.06. The van der Waals surface area contributed by atoms with Gasteiger partial charge >= 0.3 is 5.97 Å². The van der Waals surface area contributed by atoms with Crippen molar-refractivity contribution in [2.24, 2.45) is 0 Å². The van der Waals surface area contributed by atoms with Crippen molar-refractivity contribution < 1.29 is 14.6 Å². The van der Waals surface area contributed by atoms with Crippen LogP contribution in [0.5, 0.6) is 0 Å². The molecule has 4 heteroatoms. The minimum Gasteiger partial charge on any atom is -0.468 e. The number of β-amino-alcohol motifs (C(OH)–C–C–N with tert-alkyl or cyclic N) is 1. The van der Waals surface area contributed by atoms with Gasteiger partial charge < -0.3 is 9.84 Å². The fourth-order valence-corrected chi connectivity index (χ4v) is 1.88. The van der Waals surface area contributed by atoms with Crippen LogP contribution in [0.3, 0.4) is 0 Å². The molecule has 1 unspecified atom stereocenters. The molecule has 0 aromatic carbocycles. The number of carbonyl (C=O) groups excluding carboxylic acids is 1. The first-order valence-electron chi connectivity index (χ1n) is 5.60. The highest BCUT2D eigenvalue weighted by atomic mass is 16.5. The molecular weight excluding hydrogens is 194 g/mol. The van der Waals surface area contributed by atoms with Crippen molar-refractivity contribution in [2.45, 2.75) is 44.8 Å². The van der Waals surface area contributed by atoms with E-state index in [0.29, 0.717) is 19.4 Å². The van der Waals surface area contributed by atoms with Gasteiger partial charge in [0, 0.05) is 13.1 Å². The van der Waals surface area contributed by atoms with Gasteiger partial charge in [-0.2, -0.15) is 0 Å². The Hall–Kier alpha value is -0.610. The molecular formula is C11H21NO3. The molecule has 4 nitrogen and oxygen atoms in total. The van der Waals surface area contributed by atoms with Gasteiger partial charge in [0.05, 0.1) is 12.7 Å². The molecule has 0 radical (unpaired) electrons. The van der Waals surface area contributed by atoms with Gasteiger partial charge in [0.1, 0.15) is 6.04 Å². The summed E-state index contributed by atoms with van der Waals surface area (Å²) in [5.41, 5.74) is -0.660. The Morgan fingerprint density at radius 1 is 1.53 bits per heavy atom. The van der Waals surface area contributed by atoms with Crippen molar-refractivity contribution in [2.75, 3.05) is 20.2 Å². The van der Waals surface area contributed by atoms with E-state index in [0.717, 1.165) is 13.0 Å². The monoisotopic (exact) mass is 215 g/mol. The number of hydrogen-bond acceptors (Lipinski definition) is 4. The SMILES string of the molecule is CCC(O)(CC)CN1CCC1C(=O)OC. The van der Waals surface area contributed by atoms with Crippen LogP contribution in [0, 0.1) is 0 Å². The number of hydrogen-bond donors (Lipinski definition) is 1. The lowest BCUT2D eigenvalue weighted by Gasteiger charge is -2.43. The van der Waals surface area contributed by atoms with E-state index >= 15 is 0 Å². The number of ether oxygens (including phenoxy) is 1. The number of carbonyl (C=O) groups is 1. The fourth-order valence-electron chi connectivity index (χ4n) is 1.88. The van der Waals surface area contributed by atoms with E-state index in [1.807, 2.05) is 18.7 Å². The zero-order valence-electron chi connectivity index (χ0n) is 9.82. The van der Waals surface area contributed by atoms with Gasteiger partial charge in [-0.3, -0.25) is 9.69 Å². The van der Waals surface area contributed by atoms with Crippen LogP contribution in [0.2, 0.25) is 0 Å². The molecule has 0 aliphatic carbocycles. The molecule has 0 amide bonds. The van der Waals surface area contributed by atoms with Crippen LogP contribution < -0.4 is 0 Å². The summed E-state index contributed by atoms with van der Waals surface area (Å²) in [4.78, 5) is 13.3.